The zero-order valence-electron chi connectivity index (χ0n) is 14.6. The maximum atomic E-state index is 12.2. The van der Waals surface area contributed by atoms with Crippen molar-refractivity contribution in [3.63, 3.8) is 0 Å². The van der Waals surface area contributed by atoms with Crippen molar-refractivity contribution in [1.82, 2.24) is 14.9 Å². The first-order chi connectivity index (χ1) is 12.1. The average molecular weight is 343 g/mol. The molecule has 1 aliphatic rings. The van der Waals surface area contributed by atoms with Crippen LogP contribution in [0.1, 0.15) is 32.6 Å². The van der Waals surface area contributed by atoms with E-state index in [2.05, 4.69) is 17.2 Å². The molecule has 0 unspecified atom stereocenters. The summed E-state index contributed by atoms with van der Waals surface area (Å²) in [4.78, 5) is 28.3. The number of aromatic nitrogens is 2. The van der Waals surface area contributed by atoms with Crippen molar-refractivity contribution < 1.29 is 9.53 Å². The third-order valence-electron chi connectivity index (χ3n) is 4.84. The van der Waals surface area contributed by atoms with Gasteiger partial charge in [-0.2, -0.15) is 0 Å². The van der Waals surface area contributed by atoms with Crippen molar-refractivity contribution in [3.05, 3.63) is 40.8 Å². The van der Waals surface area contributed by atoms with E-state index >= 15 is 0 Å². The molecule has 0 aliphatic heterocycles. The van der Waals surface area contributed by atoms with Gasteiger partial charge in [0.05, 0.1) is 29.9 Å². The number of hydrogen-bond acceptors (Lipinski definition) is 4. The number of carbonyl (C=O) groups excluding carboxylic acids is 1. The molecule has 0 spiro atoms. The van der Waals surface area contributed by atoms with E-state index in [1.807, 2.05) is 18.2 Å². The van der Waals surface area contributed by atoms with Gasteiger partial charge in [0, 0.05) is 6.54 Å². The topological polar surface area (TPSA) is 73.2 Å². The molecule has 25 heavy (non-hydrogen) atoms. The molecule has 1 aliphatic carbocycles. The highest BCUT2D eigenvalue weighted by Crippen LogP contribution is 2.25. The van der Waals surface area contributed by atoms with Crippen molar-refractivity contribution in [2.24, 2.45) is 5.92 Å². The molecule has 1 amide bonds. The van der Waals surface area contributed by atoms with Gasteiger partial charge in [0.25, 0.3) is 5.56 Å². The lowest BCUT2D eigenvalue weighted by Gasteiger charge is -2.28. The molecular formula is C19H25N3O3. The largest absolute Gasteiger partial charge is 0.376 e. The van der Waals surface area contributed by atoms with E-state index in [-0.39, 0.29) is 18.0 Å². The first-order valence-electron chi connectivity index (χ1n) is 8.98. The molecule has 6 heteroatoms. The normalized spacial score (nSPS) is 20.5. The summed E-state index contributed by atoms with van der Waals surface area (Å²) in [6.45, 7) is 3.18. The Bertz CT molecular complexity index is 787. The zero-order valence-corrected chi connectivity index (χ0v) is 14.6. The molecule has 0 radical (unpaired) electrons. The van der Waals surface area contributed by atoms with E-state index in [4.69, 9.17) is 4.74 Å². The first-order valence-corrected chi connectivity index (χ1v) is 8.98. The Morgan fingerprint density at radius 1 is 1.32 bits per heavy atom. The minimum absolute atomic E-state index is 0.0122. The van der Waals surface area contributed by atoms with Gasteiger partial charge >= 0.3 is 0 Å². The fourth-order valence-electron chi connectivity index (χ4n) is 3.41. The van der Waals surface area contributed by atoms with Crippen molar-refractivity contribution >= 4 is 16.9 Å². The number of para-hydroxylation sites is 2. The van der Waals surface area contributed by atoms with Crippen LogP contribution in [0.5, 0.6) is 0 Å². The lowest BCUT2D eigenvalue weighted by Crippen LogP contribution is -2.35. The molecule has 1 fully saturated rings. The van der Waals surface area contributed by atoms with Crippen LogP contribution in [0.25, 0.3) is 11.0 Å². The molecule has 6 nitrogen and oxygen atoms in total. The predicted molar refractivity (Wildman–Crippen MR) is 96.4 cm³/mol. The Balaban J connectivity index is 1.51. The number of carbonyl (C=O) groups is 1. The second kappa shape index (κ2) is 8.25. The summed E-state index contributed by atoms with van der Waals surface area (Å²) in [6.07, 6.45) is 6.38. The Morgan fingerprint density at radius 2 is 2.12 bits per heavy atom. The lowest BCUT2D eigenvalue weighted by atomic mass is 9.88. The second-order valence-corrected chi connectivity index (χ2v) is 6.69. The number of benzene rings is 1. The molecule has 2 atom stereocenters. The van der Waals surface area contributed by atoms with E-state index in [1.165, 1.54) is 30.0 Å². The fraction of sp³-hybridized carbons (Fsp3) is 0.526. The standard InChI is InChI=1S/C19H25N3O3/c1-14-6-2-5-9-17(14)25-11-10-20-18(23)13-22-16-8-4-3-7-15(16)21-12-19(22)24/h3-4,7-8,12,14,17H,2,5-6,9-11,13H2,1H3,(H,20,23)/t14-,17+/m1/s1. The highest BCUT2D eigenvalue weighted by atomic mass is 16.5. The lowest BCUT2D eigenvalue weighted by molar-refractivity contribution is -0.122. The summed E-state index contributed by atoms with van der Waals surface area (Å²) in [5, 5.41) is 2.83. The predicted octanol–water partition coefficient (Wildman–Crippen LogP) is 2.11. The van der Waals surface area contributed by atoms with Gasteiger partial charge in [0.1, 0.15) is 6.54 Å². The average Bonchev–Trinajstić information content (AvgIpc) is 2.62. The summed E-state index contributed by atoms with van der Waals surface area (Å²) in [5.74, 6) is 0.393. The van der Waals surface area contributed by atoms with Gasteiger partial charge in [0.2, 0.25) is 5.91 Å². The van der Waals surface area contributed by atoms with Crippen LogP contribution in [-0.4, -0.2) is 34.7 Å². The van der Waals surface area contributed by atoms with Gasteiger partial charge in [-0.15, -0.1) is 0 Å². The second-order valence-electron chi connectivity index (χ2n) is 6.69. The quantitative estimate of drug-likeness (QED) is 0.815. The molecule has 1 heterocycles. The molecule has 3 rings (SSSR count). The molecule has 2 aromatic rings. The summed E-state index contributed by atoms with van der Waals surface area (Å²) in [5.41, 5.74) is 1.09. The minimum atomic E-state index is -0.277. The van der Waals surface area contributed by atoms with Crippen LogP contribution >= 0.6 is 0 Å². The molecule has 1 saturated carbocycles. The van der Waals surface area contributed by atoms with Gasteiger partial charge in [-0.05, 0) is 30.9 Å². The third kappa shape index (κ3) is 4.45. The monoisotopic (exact) mass is 343 g/mol. The number of fused-ring (bicyclic) bond motifs is 1. The SMILES string of the molecule is C[C@@H]1CCCC[C@@H]1OCCNC(=O)Cn1c(=O)cnc2ccccc21. The van der Waals surface area contributed by atoms with Crippen LogP contribution < -0.4 is 10.9 Å². The fourth-order valence-corrected chi connectivity index (χ4v) is 3.41. The molecular weight excluding hydrogens is 318 g/mol. The zero-order chi connectivity index (χ0) is 17.6. The number of amides is 1. The van der Waals surface area contributed by atoms with E-state index in [9.17, 15) is 9.59 Å². The molecule has 1 N–H and O–H groups in total. The van der Waals surface area contributed by atoms with Crippen LogP contribution in [0, 0.1) is 5.92 Å². The van der Waals surface area contributed by atoms with Crippen LogP contribution in [0.4, 0.5) is 0 Å². The Kier molecular flexibility index (Phi) is 5.81. The maximum Gasteiger partial charge on any atom is 0.269 e. The van der Waals surface area contributed by atoms with Crippen LogP contribution in [-0.2, 0) is 16.1 Å². The highest BCUT2D eigenvalue weighted by Gasteiger charge is 2.21. The van der Waals surface area contributed by atoms with Gasteiger partial charge in [-0.3, -0.25) is 14.2 Å². The van der Waals surface area contributed by atoms with E-state index in [0.717, 1.165) is 6.42 Å². The van der Waals surface area contributed by atoms with Crippen LogP contribution in [0.2, 0.25) is 0 Å². The number of nitrogens with one attached hydrogen (secondary N) is 1. The summed E-state index contributed by atoms with van der Waals surface area (Å²) < 4.78 is 7.34. The van der Waals surface area contributed by atoms with E-state index in [0.29, 0.717) is 36.2 Å². The molecule has 0 bridgehead atoms. The van der Waals surface area contributed by atoms with E-state index < -0.39 is 0 Å². The Labute approximate surface area is 147 Å². The third-order valence-corrected chi connectivity index (χ3v) is 4.84. The van der Waals surface area contributed by atoms with Gasteiger partial charge in [-0.1, -0.05) is 31.9 Å². The Hall–Kier alpha value is -2.21. The number of nitrogens with zero attached hydrogens (tertiary/aromatic N) is 2. The maximum absolute atomic E-state index is 12.2. The summed E-state index contributed by atoms with van der Waals surface area (Å²) in [6, 6.07) is 7.30. The molecule has 1 aromatic heterocycles. The summed E-state index contributed by atoms with van der Waals surface area (Å²) in [7, 11) is 0. The Morgan fingerprint density at radius 3 is 2.96 bits per heavy atom. The van der Waals surface area contributed by atoms with Crippen molar-refractivity contribution in [2.45, 2.75) is 45.3 Å². The minimum Gasteiger partial charge on any atom is -0.376 e. The van der Waals surface area contributed by atoms with Crippen molar-refractivity contribution in [3.8, 4) is 0 Å². The van der Waals surface area contributed by atoms with E-state index in [1.54, 1.807) is 6.07 Å². The molecule has 134 valence electrons. The van der Waals surface area contributed by atoms with Crippen molar-refractivity contribution in [2.75, 3.05) is 13.2 Å². The van der Waals surface area contributed by atoms with Gasteiger partial charge < -0.3 is 10.1 Å². The van der Waals surface area contributed by atoms with Gasteiger partial charge in [-0.25, -0.2) is 4.98 Å². The highest BCUT2D eigenvalue weighted by molar-refractivity contribution is 5.79. The first kappa shape index (κ1) is 17.6. The molecule has 0 saturated heterocycles. The van der Waals surface area contributed by atoms with Crippen LogP contribution in [0.15, 0.2) is 35.3 Å². The van der Waals surface area contributed by atoms with Gasteiger partial charge in [0.15, 0.2) is 0 Å². The number of rotatable bonds is 6. The van der Waals surface area contributed by atoms with Crippen molar-refractivity contribution in [1.29, 1.82) is 0 Å². The number of ether oxygens (including phenoxy) is 1. The molecule has 1 aromatic carbocycles. The number of hydrogen-bond donors (Lipinski definition) is 1. The summed E-state index contributed by atoms with van der Waals surface area (Å²) >= 11 is 0. The van der Waals surface area contributed by atoms with Crippen LogP contribution in [0.3, 0.4) is 0 Å². The smallest absolute Gasteiger partial charge is 0.269 e.